The van der Waals surface area contributed by atoms with E-state index in [4.69, 9.17) is 16.0 Å². The first-order valence-corrected chi connectivity index (χ1v) is 4.94. The van der Waals surface area contributed by atoms with Crippen LogP contribution in [0.2, 0.25) is 0 Å². The molecule has 0 aliphatic carbocycles. The number of hydrogen-bond donors (Lipinski definition) is 2. The van der Waals surface area contributed by atoms with Crippen molar-refractivity contribution in [3.8, 4) is 0 Å². The van der Waals surface area contributed by atoms with Crippen LogP contribution in [0.1, 0.15) is 44.9 Å². The molecule has 0 amide bonds. The van der Waals surface area contributed by atoms with E-state index in [0.717, 1.165) is 19.3 Å². The summed E-state index contributed by atoms with van der Waals surface area (Å²) in [5.74, 6) is 1.09. The minimum Gasteiger partial charge on any atom is -0.365 e. The van der Waals surface area contributed by atoms with E-state index in [1.807, 2.05) is 13.8 Å². The fourth-order valence-corrected chi connectivity index (χ4v) is 1.32. The van der Waals surface area contributed by atoms with Crippen LogP contribution in [0.3, 0.4) is 0 Å². The van der Waals surface area contributed by atoms with Gasteiger partial charge >= 0.3 is 0 Å². The largest absolute Gasteiger partial charge is 0.365 e. The minimum absolute atomic E-state index is 0.207. The van der Waals surface area contributed by atoms with Gasteiger partial charge in [0.15, 0.2) is 0 Å². The summed E-state index contributed by atoms with van der Waals surface area (Å²) in [4.78, 5) is 3.98. The van der Waals surface area contributed by atoms with Crippen molar-refractivity contribution in [2.24, 2.45) is 5.73 Å². The molecule has 2 atom stereocenters. The Morgan fingerprint density at radius 1 is 1.36 bits per heavy atom. The first-order chi connectivity index (χ1) is 6.59. The van der Waals surface area contributed by atoms with Crippen molar-refractivity contribution in [1.29, 1.82) is 0 Å². The highest BCUT2D eigenvalue weighted by molar-refractivity contribution is 5.11. The Kier molecular flexibility index (Phi) is 3.88. The van der Waals surface area contributed by atoms with E-state index < -0.39 is 0 Å². The van der Waals surface area contributed by atoms with Crippen LogP contribution in [0.5, 0.6) is 0 Å². The Labute approximate surface area is 83.9 Å². The number of hydrogen-bond acceptors (Lipinski definition) is 5. The molecular weight excluding hydrogens is 180 g/mol. The molecule has 80 valence electrons. The Bertz CT molecular complexity index is 272. The highest BCUT2D eigenvalue weighted by atomic mass is 16.5. The minimum atomic E-state index is 0.207. The average Bonchev–Trinajstić information content (AvgIpc) is 2.51. The van der Waals surface area contributed by atoms with Gasteiger partial charge in [0.2, 0.25) is 5.89 Å². The molecule has 1 aromatic heterocycles. The molecule has 0 aromatic carbocycles. The van der Waals surface area contributed by atoms with Crippen molar-refractivity contribution in [2.75, 3.05) is 5.73 Å². The number of anilines is 1. The summed E-state index contributed by atoms with van der Waals surface area (Å²) in [6, 6.07) is 0.259. The smallest absolute Gasteiger partial charge is 0.260 e. The van der Waals surface area contributed by atoms with E-state index in [9.17, 15) is 0 Å². The zero-order chi connectivity index (χ0) is 10.6. The second-order valence-corrected chi connectivity index (χ2v) is 3.80. The standard InChI is InChI=1S/C9H18N4O/c1-6(4-3-5-7(2)10)8-12-9(11)13-14-8/h6-7H,3-5,10H2,1-2H3,(H2,11,13). The first kappa shape index (κ1) is 11.0. The molecule has 0 bridgehead atoms. The number of nitrogens with zero attached hydrogens (tertiary/aromatic N) is 2. The normalized spacial score (nSPS) is 15.4. The van der Waals surface area contributed by atoms with E-state index >= 15 is 0 Å². The zero-order valence-electron chi connectivity index (χ0n) is 8.73. The second kappa shape index (κ2) is 4.95. The maximum absolute atomic E-state index is 5.65. The number of aromatic nitrogens is 2. The van der Waals surface area contributed by atoms with Gasteiger partial charge in [-0.2, -0.15) is 4.98 Å². The average molecular weight is 198 g/mol. The SMILES string of the molecule is CC(N)CCCC(C)c1nc(N)no1. The van der Waals surface area contributed by atoms with Crippen LogP contribution in [0.25, 0.3) is 0 Å². The van der Waals surface area contributed by atoms with Crippen LogP contribution in [0.15, 0.2) is 4.52 Å². The fraction of sp³-hybridized carbons (Fsp3) is 0.778. The van der Waals surface area contributed by atoms with Crippen LogP contribution in [0, 0.1) is 0 Å². The van der Waals surface area contributed by atoms with Crippen molar-refractivity contribution in [3.05, 3.63) is 5.89 Å². The van der Waals surface area contributed by atoms with Crippen molar-refractivity contribution in [3.63, 3.8) is 0 Å². The molecule has 0 saturated heterocycles. The van der Waals surface area contributed by atoms with Crippen LogP contribution in [-0.4, -0.2) is 16.2 Å². The molecule has 1 aromatic rings. The Morgan fingerprint density at radius 3 is 2.57 bits per heavy atom. The molecule has 0 aliphatic rings. The molecule has 1 heterocycles. The summed E-state index contributed by atoms with van der Waals surface area (Å²) in [6.07, 6.45) is 3.10. The molecule has 0 spiro atoms. The quantitative estimate of drug-likeness (QED) is 0.743. The first-order valence-electron chi connectivity index (χ1n) is 4.94. The Balaban J connectivity index is 2.32. The predicted molar refractivity (Wildman–Crippen MR) is 54.6 cm³/mol. The maximum atomic E-state index is 5.65. The predicted octanol–water partition coefficient (Wildman–Crippen LogP) is 1.27. The third-order valence-electron chi connectivity index (χ3n) is 2.18. The molecule has 0 saturated carbocycles. The summed E-state index contributed by atoms with van der Waals surface area (Å²) in [6.45, 7) is 4.06. The third-order valence-corrected chi connectivity index (χ3v) is 2.18. The van der Waals surface area contributed by atoms with Gasteiger partial charge in [0.25, 0.3) is 5.95 Å². The molecule has 14 heavy (non-hydrogen) atoms. The molecule has 1 rings (SSSR count). The topological polar surface area (TPSA) is 91.0 Å². The lowest BCUT2D eigenvalue weighted by Crippen LogP contribution is -2.14. The number of nitrogen functional groups attached to an aromatic ring is 1. The van der Waals surface area contributed by atoms with Gasteiger partial charge in [0.05, 0.1) is 0 Å². The van der Waals surface area contributed by atoms with Crippen LogP contribution in [-0.2, 0) is 0 Å². The van der Waals surface area contributed by atoms with E-state index in [0.29, 0.717) is 5.89 Å². The molecule has 5 heteroatoms. The number of rotatable bonds is 5. The lowest BCUT2D eigenvalue weighted by atomic mass is 10.0. The maximum Gasteiger partial charge on any atom is 0.260 e. The molecule has 0 fully saturated rings. The monoisotopic (exact) mass is 198 g/mol. The lowest BCUT2D eigenvalue weighted by molar-refractivity contribution is 0.350. The molecule has 0 aliphatic heterocycles. The fourth-order valence-electron chi connectivity index (χ4n) is 1.32. The van der Waals surface area contributed by atoms with Crippen LogP contribution < -0.4 is 11.5 Å². The van der Waals surface area contributed by atoms with Gasteiger partial charge in [0.1, 0.15) is 0 Å². The second-order valence-electron chi connectivity index (χ2n) is 3.80. The van der Waals surface area contributed by atoms with Crippen LogP contribution >= 0.6 is 0 Å². The summed E-state index contributed by atoms with van der Waals surface area (Å²) in [7, 11) is 0. The van der Waals surface area contributed by atoms with E-state index in [1.165, 1.54) is 0 Å². The van der Waals surface area contributed by atoms with Gasteiger partial charge in [-0.05, 0) is 24.9 Å². The molecule has 4 N–H and O–H groups in total. The van der Waals surface area contributed by atoms with Crippen molar-refractivity contribution in [2.45, 2.75) is 45.1 Å². The van der Waals surface area contributed by atoms with E-state index in [-0.39, 0.29) is 17.9 Å². The van der Waals surface area contributed by atoms with Gasteiger partial charge < -0.3 is 16.0 Å². The summed E-state index contributed by atoms with van der Waals surface area (Å²) < 4.78 is 4.97. The van der Waals surface area contributed by atoms with Gasteiger partial charge in [-0.3, -0.25) is 0 Å². The highest BCUT2D eigenvalue weighted by Crippen LogP contribution is 2.20. The Hall–Kier alpha value is -1.10. The van der Waals surface area contributed by atoms with Gasteiger partial charge in [0, 0.05) is 12.0 Å². The molecular formula is C9H18N4O. The third kappa shape index (κ3) is 3.33. The van der Waals surface area contributed by atoms with E-state index in [2.05, 4.69) is 10.1 Å². The van der Waals surface area contributed by atoms with Gasteiger partial charge in [-0.1, -0.05) is 13.3 Å². The van der Waals surface area contributed by atoms with Crippen molar-refractivity contribution in [1.82, 2.24) is 10.1 Å². The van der Waals surface area contributed by atoms with Crippen molar-refractivity contribution >= 4 is 5.95 Å². The molecule has 0 radical (unpaired) electrons. The lowest BCUT2D eigenvalue weighted by Gasteiger charge is -2.07. The zero-order valence-corrected chi connectivity index (χ0v) is 8.73. The Morgan fingerprint density at radius 2 is 2.07 bits per heavy atom. The summed E-state index contributed by atoms with van der Waals surface area (Å²) in [5.41, 5.74) is 11.0. The number of nitrogens with two attached hydrogens (primary N) is 2. The van der Waals surface area contributed by atoms with E-state index in [1.54, 1.807) is 0 Å². The summed E-state index contributed by atoms with van der Waals surface area (Å²) in [5, 5.41) is 3.55. The molecule has 2 unspecified atom stereocenters. The van der Waals surface area contributed by atoms with Gasteiger partial charge in [-0.25, -0.2) is 0 Å². The van der Waals surface area contributed by atoms with Gasteiger partial charge in [-0.15, -0.1) is 0 Å². The van der Waals surface area contributed by atoms with Crippen LogP contribution in [0.4, 0.5) is 5.95 Å². The molecule has 5 nitrogen and oxygen atoms in total. The highest BCUT2D eigenvalue weighted by Gasteiger charge is 2.12. The van der Waals surface area contributed by atoms with Crippen molar-refractivity contribution < 1.29 is 4.52 Å². The summed E-state index contributed by atoms with van der Waals surface area (Å²) >= 11 is 0.